The molecule has 0 atom stereocenters. The van der Waals surface area contributed by atoms with Crippen LogP contribution >= 0.6 is 0 Å². The minimum Gasteiger partial charge on any atom is -0.337 e. The number of benzene rings is 1. The van der Waals surface area contributed by atoms with Gasteiger partial charge in [-0.3, -0.25) is 0 Å². The molecule has 0 aromatic heterocycles. The Kier molecular flexibility index (Phi) is 4.20. The van der Waals surface area contributed by atoms with Gasteiger partial charge in [0.05, 0.1) is 0 Å². The second-order valence-corrected chi connectivity index (χ2v) is 5.08. The number of urea groups is 1. The topological polar surface area (TPSA) is 67.1 Å². The fourth-order valence-electron chi connectivity index (χ4n) is 2.54. The van der Waals surface area contributed by atoms with E-state index in [-0.39, 0.29) is 11.4 Å². The van der Waals surface area contributed by atoms with Gasteiger partial charge in [-0.05, 0) is 31.5 Å². The van der Waals surface area contributed by atoms with Gasteiger partial charge in [0, 0.05) is 17.6 Å². The van der Waals surface area contributed by atoms with E-state index in [0.717, 1.165) is 18.5 Å². The Bertz CT molecular complexity index is 385. The molecule has 0 radical (unpaired) electrons. The molecule has 2 rings (SSSR count). The molecule has 1 aromatic rings. The van der Waals surface area contributed by atoms with Crippen LogP contribution in [0.15, 0.2) is 30.3 Å². The Morgan fingerprint density at radius 3 is 2.50 bits per heavy atom. The summed E-state index contributed by atoms with van der Waals surface area (Å²) >= 11 is 0. The van der Waals surface area contributed by atoms with E-state index in [0.29, 0.717) is 13.1 Å². The molecule has 1 aliphatic rings. The summed E-state index contributed by atoms with van der Waals surface area (Å²) in [5.74, 6) is 0. The van der Waals surface area contributed by atoms with Gasteiger partial charge in [0.2, 0.25) is 0 Å². The molecule has 1 saturated carbocycles. The highest BCUT2D eigenvalue weighted by Crippen LogP contribution is 2.36. The van der Waals surface area contributed by atoms with Gasteiger partial charge in [-0.25, -0.2) is 4.79 Å². The van der Waals surface area contributed by atoms with Crippen molar-refractivity contribution in [1.29, 1.82) is 0 Å². The van der Waals surface area contributed by atoms with Crippen molar-refractivity contribution in [3.05, 3.63) is 30.3 Å². The number of anilines is 1. The molecule has 2 amide bonds. The summed E-state index contributed by atoms with van der Waals surface area (Å²) in [7, 11) is 0. The normalized spacial score (nSPS) is 17.4. The van der Waals surface area contributed by atoms with Crippen molar-refractivity contribution in [2.75, 3.05) is 18.4 Å². The third-order valence-electron chi connectivity index (χ3n) is 3.75. The predicted octanol–water partition coefficient (Wildman–Crippen LogP) is 2.33. The fourth-order valence-corrected chi connectivity index (χ4v) is 2.54. The maximum absolute atomic E-state index is 11.8. The molecule has 0 heterocycles. The number of carbonyl (C=O) groups is 1. The van der Waals surface area contributed by atoms with E-state index in [1.807, 2.05) is 30.3 Å². The summed E-state index contributed by atoms with van der Waals surface area (Å²) in [5.41, 5.74) is 6.76. The van der Waals surface area contributed by atoms with E-state index in [1.165, 1.54) is 12.8 Å². The highest BCUT2D eigenvalue weighted by atomic mass is 16.2. The quantitative estimate of drug-likeness (QED) is 0.764. The SMILES string of the molecule is NCC1(CNC(=O)Nc2ccccc2)CCCC1. The van der Waals surface area contributed by atoms with Crippen LogP contribution in [0.3, 0.4) is 0 Å². The standard InChI is InChI=1S/C14H21N3O/c15-10-14(8-4-5-9-14)11-16-13(18)17-12-6-2-1-3-7-12/h1-3,6-7H,4-5,8-11,15H2,(H2,16,17,18). The summed E-state index contributed by atoms with van der Waals surface area (Å²) in [5, 5.41) is 5.75. The summed E-state index contributed by atoms with van der Waals surface area (Å²) in [6, 6.07) is 9.30. The molecule has 0 spiro atoms. The first-order valence-electron chi connectivity index (χ1n) is 6.54. The van der Waals surface area contributed by atoms with Crippen LogP contribution in [-0.4, -0.2) is 19.1 Å². The average molecular weight is 247 g/mol. The number of hydrogen-bond donors (Lipinski definition) is 3. The van der Waals surface area contributed by atoms with Crippen molar-refractivity contribution in [3.63, 3.8) is 0 Å². The van der Waals surface area contributed by atoms with Crippen LogP contribution in [0.1, 0.15) is 25.7 Å². The Hall–Kier alpha value is -1.55. The summed E-state index contributed by atoms with van der Waals surface area (Å²) < 4.78 is 0. The zero-order valence-corrected chi connectivity index (χ0v) is 10.6. The van der Waals surface area contributed by atoms with Crippen molar-refractivity contribution >= 4 is 11.7 Å². The van der Waals surface area contributed by atoms with Crippen LogP contribution in [0.2, 0.25) is 0 Å². The van der Waals surface area contributed by atoms with Crippen molar-refractivity contribution in [1.82, 2.24) is 5.32 Å². The molecular formula is C14H21N3O. The number of nitrogens with two attached hydrogens (primary N) is 1. The largest absolute Gasteiger partial charge is 0.337 e. The molecule has 1 aromatic carbocycles. The van der Waals surface area contributed by atoms with E-state index in [1.54, 1.807) is 0 Å². The van der Waals surface area contributed by atoms with E-state index in [2.05, 4.69) is 10.6 Å². The number of nitrogens with one attached hydrogen (secondary N) is 2. The first kappa shape index (κ1) is 12.9. The molecule has 1 aliphatic carbocycles. The Labute approximate surface area is 108 Å². The van der Waals surface area contributed by atoms with Gasteiger partial charge in [0.25, 0.3) is 0 Å². The van der Waals surface area contributed by atoms with Crippen LogP contribution in [0, 0.1) is 5.41 Å². The monoisotopic (exact) mass is 247 g/mol. The van der Waals surface area contributed by atoms with E-state index in [9.17, 15) is 4.79 Å². The van der Waals surface area contributed by atoms with Gasteiger partial charge in [0.15, 0.2) is 0 Å². The predicted molar refractivity (Wildman–Crippen MR) is 73.4 cm³/mol. The smallest absolute Gasteiger partial charge is 0.319 e. The van der Waals surface area contributed by atoms with E-state index < -0.39 is 0 Å². The van der Waals surface area contributed by atoms with Gasteiger partial charge >= 0.3 is 6.03 Å². The van der Waals surface area contributed by atoms with Crippen molar-refractivity contribution in [2.45, 2.75) is 25.7 Å². The maximum atomic E-state index is 11.8. The van der Waals surface area contributed by atoms with Gasteiger partial charge in [-0.2, -0.15) is 0 Å². The Morgan fingerprint density at radius 1 is 1.22 bits per heavy atom. The van der Waals surface area contributed by atoms with Crippen molar-refractivity contribution in [3.8, 4) is 0 Å². The highest BCUT2D eigenvalue weighted by molar-refractivity contribution is 5.89. The first-order valence-corrected chi connectivity index (χ1v) is 6.54. The highest BCUT2D eigenvalue weighted by Gasteiger charge is 2.32. The zero-order chi connectivity index (χ0) is 12.8. The Morgan fingerprint density at radius 2 is 1.89 bits per heavy atom. The van der Waals surface area contributed by atoms with Crippen LogP contribution in [0.25, 0.3) is 0 Å². The van der Waals surface area contributed by atoms with Gasteiger partial charge in [0.1, 0.15) is 0 Å². The van der Waals surface area contributed by atoms with Crippen molar-refractivity contribution in [2.24, 2.45) is 11.1 Å². The second-order valence-electron chi connectivity index (χ2n) is 5.08. The Balaban J connectivity index is 1.81. The molecule has 0 aliphatic heterocycles. The average Bonchev–Trinajstić information content (AvgIpc) is 2.87. The molecule has 4 heteroatoms. The van der Waals surface area contributed by atoms with Crippen LogP contribution < -0.4 is 16.4 Å². The van der Waals surface area contributed by atoms with Crippen LogP contribution in [-0.2, 0) is 0 Å². The summed E-state index contributed by atoms with van der Waals surface area (Å²) in [4.78, 5) is 11.8. The van der Waals surface area contributed by atoms with Gasteiger partial charge in [-0.1, -0.05) is 31.0 Å². The van der Waals surface area contributed by atoms with Gasteiger partial charge in [-0.15, -0.1) is 0 Å². The molecule has 18 heavy (non-hydrogen) atoms. The number of rotatable bonds is 4. The lowest BCUT2D eigenvalue weighted by atomic mass is 9.86. The lowest BCUT2D eigenvalue weighted by Crippen LogP contribution is -2.42. The lowest BCUT2D eigenvalue weighted by Gasteiger charge is -2.27. The van der Waals surface area contributed by atoms with Crippen LogP contribution in [0.5, 0.6) is 0 Å². The van der Waals surface area contributed by atoms with Gasteiger partial charge < -0.3 is 16.4 Å². The molecule has 0 saturated heterocycles. The van der Waals surface area contributed by atoms with E-state index >= 15 is 0 Å². The minimum absolute atomic E-state index is 0.119. The molecule has 1 fully saturated rings. The number of hydrogen-bond acceptors (Lipinski definition) is 2. The third kappa shape index (κ3) is 3.23. The molecule has 0 unspecified atom stereocenters. The molecular weight excluding hydrogens is 226 g/mol. The maximum Gasteiger partial charge on any atom is 0.319 e. The van der Waals surface area contributed by atoms with Crippen molar-refractivity contribution < 1.29 is 4.79 Å². The summed E-state index contributed by atoms with van der Waals surface area (Å²) in [6.45, 7) is 1.32. The molecule has 98 valence electrons. The second kappa shape index (κ2) is 5.87. The molecule has 0 bridgehead atoms. The zero-order valence-electron chi connectivity index (χ0n) is 10.6. The number of carbonyl (C=O) groups excluding carboxylic acids is 1. The molecule has 4 nitrogen and oxygen atoms in total. The number of amides is 2. The number of para-hydroxylation sites is 1. The fraction of sp³-hybridized carbons (Fsp3) is 0.500. The van der Waals surface area contributed by atoms with Crippen LogP contribution in [0.4, 0.5) is 10.5 Å². The molecule has 4 N–H and O–H groups in total. The van der Waals surface area contributed by atoms with E-state index in [4.69, 9.17) is 5.73 Å². The summed E-state index contributed by atoms with van der Waals surface area (Å²) in [6.07, 6.45) is 4.68. The minimum atomic E-state index is -0.152. The third-order valence-corrected chi connectivity index (χ3v) is 3.75. The first-order chi connectivity index (χ1) is 8.74. The lowest BCUT2D eigenvalue weighted by molar-refractivity contribution is 0.239.